The third-order valence-electron chi connectivity index (χ3n) is 9.64. The summed E-state index contributed by atoms with van der Waals surface area (Å²) in [4.78, 5) is 24.6. The van der Waals surface area contributed by atoms with E-state index < -0.39 is 41.7 Å². The van der Waals surface area contributed by atoms with E-state index in [4.69, 9.17) is 30.4 Å². The Balaban J connectivity index is 0.000000159. The summed E-state index contributed by atoms with van der Waals surface area (Å²) in [6, 6.07) is 0. The molecular formula is C29H42N10O8. The lowest BCUT2D eigenvalue weighted by Crippen LogP contribution is -2.34. The van der Waals surface area contributed by atoms with Crippen molar-refractivity contribution in [3.63, 3.8) is 0 Å². The fourth-order valence-corrected chi connectivity index (χ4v) is 7.18. The number of hydrogen-bond donors (Lipinski definition) is 6. The molecule has 7 heterocycles. The van der Waals surface area contributed by atoms with Crippen molar-refractivity contribution in [1.82, 2.24) is 39.0 Å². The highest BCUT2D eigenvalue weighted by Gasteiger charge is 2.73. The number of aliphatic hydroxyl groups is 4. The molecule has 2 spiro atoms. The van der Waals surface area contributed by atoms with Crippen molar-refractivity contribution < 1.29 is 39.4 Å². The second-order valence-electron chi connectivity index (χ2n) is 12.7. The fraction of sp³-hybridized carbons (Fsp3) is 0.655. The van der Waals surface area contributed by atoms with E-state index in [9.17, 15) is 20.4 Å². The van der Waals surface area contributed by atoms with Crippen molar-refractivity contribution in [3.8, 4) is 0 Å². The van der Waals surface area contributed by atoms with Crippen LogP contribution in [0.15, 0.2) is 25.3 Å². The number of nitrogens with two attached hydrogens (primary N) is 2. The van der Waals surface area contributed by atoms with E-state index in [0.29, 0.717) is 34.6 Å². The van der Waals surface area contributed by atoms with Crippen LogP contribution in [0.1, 0.15) is 54.0 Å². The zero-order valence-electron chi connectivity index (χ0n) is 24.4. The summed E-state index contributed by atoms with van der Waals surface area (Å²) in [6.07, 6.45) is 3.09. The Kier molecular flexibility index (Phi) is 7.95. The Hall–Kier alpha value is -3.62. The molecule has 0 radical (unpaired) electrons. The third-order valence-corrected chi connectivity index (χ3v) is 9.64. The number of aromatic nitrogens is 8. The molecule has 18 heteroatoms. The minimum absolute atomic E-state index is 0. The highest BCUT2D eigenvalue weighted by Crippen LogP contribution is 2.62. The van der Waals surface area contributed by atoms with Gasteiger partial charge in [-0.2, -0.15) is 0 Å². The lowest BCUT2D eigenvalue weighted by Gasteiger charge is -2.25. The molecular weight excluding hydrogens is 616 g/mol. The Bertz CT molecular complexity index is 1790. The quantitative estimate of drug-likeness (QED) is 0.167. The van der Waals surface area contributed by atoms with Gasteiger partial charge in [0.1, 0.15) is 59.3 Å². The summed E-state index contributed by atoms with van der Waals surface area (Å²) in [7, 11) is 0. The van der Waals surface area contributed by atoms with Crippen LogP contribution in [-0.2, 0) is 18.9 Å². The molecule has 3 saturated heterocycles. The number of aliphatic hydroxyl groups excluding tert-OH is 4. The Morgan fingerprint density at radius 2 is 1.26 bits per heavy atom. The van der Waals surface area contributed by atoms with Crippen molar-refractivity contribution in [2.45, 2.75) is 95.4 Å². The van der Waals surface area contributed by atoms with E-state index in [1.54, 1.807) is 6.33 Å². The Morgan fingerprint density at radius 3 is 1.79 bits per heavy atom. The zero-order valence-corrected chi connectivity index (χ0v) is 24.4. The maximum atomic E-state index is 10.3. The minimum atomic E-state index is -1.13. The third kappa shape index (κ3) is 4.77. The van der Waals surface area contributed by atoms with Crippen LogP contribution in [0.25, 0.3) is 22.3 Å². The summed E-state index contributed by atoms with van der Waals surface area (Å²) in [5.41, 5.74) is 12.2. The van der Waals surface area contributed by atoms with Crippen molar-refractivity contribution >= 4 is 34.0 Å². The van der Waals surface area contributed by atoms with Crippen molar-refractivity contribution in [2.24, 2.45) is 11.8 Å². The molecule has 3 aliphatic heterocycles. The molecule has 2 unspecified atom stereocenters. The number of fused-ring (bicyclic) bond motifs is 4. The first kappa shape index (κ1) is 33.3. The maximum Gasteiger partial charge on any atom is 0.167 e. The molecule has 5 fully saturated rings. The molecule has 18 nitrogen and oxygen atoms in total. The molecule has 256 valence electrons. The average Bonchev–Trinajstić information content (AvgIpc) is 3.54. The minimum Gasteiger partial charge on any atom is -0.396 e. The van der Waals surface area contributed by atoms with Crippen LogP contribution in [-0.4, -0.2) is 114 Å². The molecule has 9 rings (SSSR count). The number of imidazole rings is 2. The Labute approximate surface area is 269 Å². The molecule has 47 heavy (non-hydrogen) atoms. The lowest BCUT2D eigenvalue weighted by molar-refractivity contribution is -0.204. The number of rotatable bonds is 4. The Morgan fingerprint density at radius 1 is 0.745 bits per heavy atom. The van der Waals surface area contributed by atoms with Gasteiger partial charge in [0.05, 0.1) is 12.7 Å². The number of anilines is 2. The van der Waals surface area contributed by atoms with E-state index >= 15 is 0 Å². The van der Waals surface area contributed by atoms with Gasteiger partial charge in [-0.15, -0.1) is 0 Å². The second kappa shape index (κ2) is 11.2. The van der Waals surface area contributed by atoms with Crippen molar-refractivity contribution in [3.05, 3.63) is 25.3 Å². The monoisotopic (exact) mass is 658 g/mol. The number of ether oxygens (including phenoxy) is 4. The highest BCUT2D eigenvalue weighted by molar-refractivity contribution is 5.81. The van der Waals surface area contributed by atoms with E-state index in [1.807, 2.05) is 18.4 Å². The van der Waals surface area contributed by atoms with Crippen LogP contribution in [0.2, 0.25) is 0 Å². The van der Waals surface area contributed by atoms with Gasteiger partial charge in [0.2, 0.25) is 0 Å². The van der Waals surface area contributed by atoms with Crippen LogP contribution in [0.3, 0.4) is 0 Å². The first-order chi connectivity index (χ1) is 21.5. The van der Waals surface area contributed by atoms with E-state index in [1.165, 1.54) is 23.5 Å². The number of nitrogen functional groups attached to an aromatic ring is 2. The molecule has 2 aliphatic carbocycles. The first-order valence-corrected chi connectivity index (χ1v) is 14.7. The summed E-state index contributed by atoms with van der Waals surface area (Å²) in [6.45, 7) is 3.76. The molecule has 0 amide bonds. The van der Waals surface area contributed by atoms with Crippen LogP contribution < -0.4 is 11.5 Å². The first-order valence-electron chi connectivity index (χ1n) is 14.7. The smallest absolute Gasteiger partial charge is 0.167 e. The van der Waals surface area contributed by atoms with Gasteiger partial charge < -0.3 is 50.8 Å². The van der Waals surface area contributed by atoms with Gasteiger partial charge >= 0.3 is 0 Å². The standard InChI is InChI=1S/C15H19N5O4.C12H15N5O4.2CH4/c1-14(2)22-9-10(23-14)15(3-7(15)4-21)24-13(9)20-6-19-8-11(16)17-5-18-12(8)20;13-9-6-10(15-3-14-9)17(4-16-6)11-7(19)8(20)12(21-11)1-5(12)2-18;;/h5-7,9-10,13,21H,3-4H2,1-2H3,(H2,16,17,18);3-5,7-8,11,18-20H,1-2H2,(H2,13,14,15);2*1H4/t7-,9?,10-,13-,15+;5-,7?,8-,11-,12+;;/m11../s1. The SMILES string of the molecule is C.C.CC1(C)OC2[C@H](n3cnc4c(N)ncnc43)O[C@]3(C[C@@H]3CO)[C@@H]2O1.Nc1ncnc2c1ncn2[C@@H]1O[C@]2(C[C@@H]2CO)[C@H](O)C1O. The van der Waals surface area contributed by atoms with Gasteiger partial charge in [-0.05, 0) is 26.7 Å². The topological polar surface area (TPSA) is 257 Å². The summed E-state index contributed by atoms with van der Waals surface area (Å²) < 4.78 is 27.7. The van der Waals surface area contributed by atoms with Gasteiger partial charge in [0.15, 0.2) is 41.2 Å². The van der Waals surface area contributed by atoms with Gasteiger partial charge in [-0.3, -0.25) is 9.13 Å². The molecule has 4 aromatic heterocycles. The summed E-state index contributed by atoms with van der Waals surface area (Å²) >= 11 is 0. The lowest BCUT2D eigenvalue weighted by atomic mass is 10.1. The zero-order chi connectivity index (χ0) is 31.5. The fourth-order valence-electron chi connectivity index (χ4n) is 7.18. The van der Waals surface area contributed by atoms with Crippen molar-refractivity contribution in [1.29, 1.82) is 0 Å². The van der Waals surface area contributed by atoms with E-state index in [0.717, 1.165) is 6.42 Å². The number of hydrogen-bond acceptors (Lipinski definition) is 16. The second-order valence-corrected chi connectivity index (χ2v) is 12.7. The molecule has 5 aliphatic rings. The largest absolute Gasteiger partial charge is 0.396 e. The van der Waals surface area contributed by atoms with Gasteiger partial charge in [-0.1, -0.05) is 14.9 Å². The average molecular weight is 659 g/mol. The summed E-state index contributed by atoms with van der Waals surface area (Å²) in [5.74, 6) is -0.242. The molecule has 8 N–H and O–H groups in total. The van der Waals surface area contributed by atoms with E-state index in [2.05, 4.69) is 29.9 Å². The molecule has 4 aromatic rings. The van der Waals surface area contributed by atoms with Crippen molar-refractivity contribution in [2.75, 3.05) is 24.7 Å². The van der Waals surface area contributed by atoms with Crippen LogP contribution >= 0.6 is 0 Å². The van der Waals surface area contributed by atoms with Gasteiger partial charge in [-0.25, -0.2) is 29.9 Å². The van der Waals surface area contributed by atoms with Crippen LogP contribution in [0.4, 0.5) is 11.6 Å². The van der Waals surface area contributed by atoms with Crippen LogP contribution in [0.5, 0.6) is 0 Å². The number of nitrogens with zero attached hydrogens (tertiary/aromatic N) is 8. The molecule has 10 atom stereocenters. The molecule has 2 saturated carbocycles. The molecule has 0 bridgehead atoms. The predicted octanol–water partition coefficient (Wildman–Crippen LogP) is -0.109. The van der Waals surface area contributed by atoms with Gasteiger partial charge in [0.25, 0.3) is 0 Å². The molecule has 0 aromatic carbocycles. The van der Waals surface area contributed by atoms with E-state index in [-0.39, 0.29) is 57.9 Å². The maximum absolute atomic E-state index is 10.3. The summed E-state index contributed by atoms with van der Waals surface area (Å²) in [5, 5.41) is 39.3. The predicted molar refractivity (Wildman–Crippen MR) is 165 cm³/mol. The van der Waals surface area contributed by atoms with Gasteiger partial charge in [0, 0.05) is 25.0 Å². The normalized spacial score (nSPS) is 37.4. The highest BCUT2D eigenvalue weighted by atomic mass is 16.8. The van der Waals surface area contributed by atoms with Crippen LogP contribution in [0, 0.1) is 11.8 Å².